The SMILES string of the molecule is CCNC(=O)CN(CC)C(=O)COc1ccccc1Cc1ccccc1. The molecule has 5 heteroatoms. The number of ether oxygens (including phenoxy) is 1. The topological polar surface area (TPSA) is 58.6 Å². The second-order valence-corrected chi connectivity index (χ2v) is 5.92. The van der Waals surface area contributed by atoms with Crippen LogP contribution in [-0.2, 0) is 16.0 Å². The highest BCUT2D eigenvalue weighted by molar-refractivity contribution is 5.85. The Morgan fingerprint density at radius 1 is 1.00 bits per heavy atom. The summed E-state index contributed by atoms with van der Waals surface area (Å²) in [5.74, 6) is 0.333. The lowest BCUT2D eigenvalue weighted by molar-refractivity contribution is -0.137. The van der Waals surface area contributed by atoms with E-state index in [-0.39, 0.29) is 25.0 Å². The highest BCUT2D eigenvalue weighted by Crippen LogP contribution is 2.21. The molecule has 0 heterocycles. The first-order valence-electron chi connectivity index (χ1n) is 8.93. The lowest BCUT2D eigenvalue weighted by Gasteiger charge is -2.21. The molecule has 0 fully saturated rings. The largest absolute Gasteiger partial charge is 0.483 e. The molecule has 0 unspecified atom stereocenters. The van der Waals surface area contributed by atoms with Crippen molar-refractivity contribution in [3.63, 3.8) is 0 Å². The monoisotopic (exact) mass is 354 g/mol. The fourth-order valence-electron chi connectivity index (χ4n) is 2.64. The molecule has 0 spiro atoms. The molecule has 0 saturated heterocycles. The van der Waals surface area contributed by atoms with Gasteiger partial charge in [-0.3, -0.25) is 9.59 Å². The second-order valence-electron chi connectivity index (χ2n) is 5.92. The third-order valence-corrected chi connectivity index (χ3v) is 4.00. The van der Waals surface area contributed by atoms with Gasteiger partial charge in [-0.1, -0.05) is 48.5 Å². The van der Waals surface area contributed by atoms with Crippen LogP contribution < -0.4 is 10.1 Å². The maximum atomic E-state index is 12.4. The zero-order chi connectivity index (χ0) is 18.8. The molecular weight excluding hydrogens is 328 g/mol. The summed E-state index contributed by atoms with van der Waals surface area (Å²) in [4.78, 5) is 25.6. The summed E-state index contributed by atoms with van der Waals surface area (Å²) in [6, 6.07) is 17.8. The Balaban J connectivity index is 1.98. The van der Waals surface area contributed by atoms with E-state index in [1.165, 1.54) is 10.5 Å². The van der Waals surface area contributed by atoms with E-state index in [0.29, 0.717) is 18.8 Å². The van der Waals surface area contributed by atoms with Crippen LogP contribution in [0.1, 0.15) is 25.0 Å². The van der Waals surface area contributed by atoms with Crippen molar-refractivity contribution in [2.24, 2.45) is 0 Å². The molecule has 2 rings (SSSR count). The molecule has 5 nitrogen and oxygen atoms in total. The van der Waals surface area contributed by atoms with Crippen LogP contribution >= 0.6 is 0 Å². The van der Waals surface area contributed by atoms with Gasteiger partial charge in [0.1, 0.15) is 5.75 Å². The minimum absolute atomic E-state index is 0.0538. The molecular formula is C21H26N2O3. The van der Waals surface area contributed by atoms with E-state index in [9.17, 15) is 9.59 Å². The summed E-state index contributed by atoms with van der Waals surface area (Å²) in [6.45, 7) is 4.68. The van der Waals surface area contributed by atoms with Gasteiger partial charge in [-0.05, 0) is 31.0 Å². The van der Waals surface area contributed by atoms with Gasteiger partial charge in [-0.25, -0.2) is 0 Å². The van der Waals surface area contributed by atoms with Crippen LogP contribution in [0.4, 0.5) is 0 Å². The molecule has 0 saturated carbocycles. The average molecular weight is 354 g/mol. The average Bonchev–Trinajstić information content (AvgIpc) is 2.66. The summed E-state index contributed by atoms with van der Waals surface area (Å²) in [6.07, 6.45) is 0.738. The molecule has 138 valence electrons. The van der Waals surface area contributed by atoms with Crippen molar-refractivity contribution in [1.29, 1.82) is 0 Å². The van der Waals surface area contributed by atoms with Gasteiger partial charge in [0, 0.05) is 19.5 Å². The summed E-state index contributed by atoms with van der Waals surface area (Å²) < 4.78 is 5.77. The molecule has 0 bridgehead atoms. The first-order valence-corrected chi connectivity index (χ1v) is 8.93. The van der Waals surface area contributed by atoms with Crippen molar-refractivity contribution in [3.05, 3.63) is 65.7 Å². The highest BCUT2D eigenvalue weighted by Gasteiger charge is 2.16. The van der Waals surface area contributed by atoms with Gasteiger partial charge < -0.3 is 15.0 Å². The molecule has 26 heavy (non-hydrogen) atoms. The molecule has 1 N–H and O–H groups in total. The lowest BCUT2D eigenvalue weighted by atomic mass is 10.0. The maximum absolute atomic E-state index is 12.4. The first kappa shape index (κ1) is 19.5. The van der Waals surface area contributed by atoms with E-state index in [2.05, 4.69) is 17.4 Å². The fourth-order valence-corrected chi connectivity index (χ4v) is 2.64. The van der Waals surface area contributed by atoms with Gasteiger partial charge >= 0.3 is 0 Å². The van der Waals surface area contributed by atoms with Gasteiger partial charge in [0.25, 0.3) is 5.91 Å². The van der Waals surface area contributed by atoms with Gasteiger partial charge in [-0.2, -0.15) is 0 Å². The smallest absolute Gasteiger partial charge is 0.260 e. The van der Waals surface area contributed by atoms with Gasteiger partial charge in [0.15, 0.2) is 6.61 Å². The van der Waals surface area contributed by atoms with Crippen LogP contribution in [-0.4, -0.2) is 43.0 Å². The molecule has 2 amide bonds. The second kappa shape index (κ2) is 10.2. The summed E-state index contributed by atoms with van der Waals surface area (Å²) in [5, 5.41) is 2.70. The van der Waals surface area contributed by atoms with Crippen molar-refractivity contribution in [1.82, 2.24) is 10.2 Å². The van der Waals surface area contributed by atoms with E-state index in [0.717, 1.165) is 12.0 Å². The number of likely N-dealkylation sites (N-methyl/N-ethyl adjacent to an activating group) is 2. The van der Waals surface area contributed by atoms with Gasteiger partial charge in [0.2, 0.25) is 5.91 Å². The molecule has 0 aliphatic heterocycles. The molecule has 2 aromatic carbocycles. The number of nitrogens with zero attached hydrogens (tertiary/aromatic N) is 1. The third-order valence-electron chi connectivity index (χ3n) is 4.00. The Morgan fingerprint density at radius 3 is 2.38 bits per heavy atom. The van der Waals surface area contributed by atoms with E-state index in [1.807, 2.05) is 56.3 Å². The summed E-state index contributed by atoms with van der Waals surface area (Å²) >= 11 is 0. The Bertz CT molecular complexity index is 716. The Hall–Kier alpha value is -2.82. The normalized spacial score (nSPS) is 10.2. The zero-order valence-corrected chi connectivity index (χ0v) is 15.4. The van der Waals surface area contributed by atoms with E-state index < -0.39 is 0 Å². The maximum Gasteiger partial charge on any atom is 0.260 e. The van der Waals surface area contributed by atoms with E-state index in [1.54, 1.807) is 0 Å². The number of benzene rings is 2. The minimum Gasteiger partial charge on any atom is -0.483 e. The van der Waals surface area contributed by atoms with Gasteiger partial charge in [0.05, 0.1) is 6.54 Å². The number of rotatable bonds is 9. The standard InChI is InChI=1S/C21H26N2O3/c1-3-22-20(24)15-23(4-2)21(25)16-26-19-13-9-8-12-18(19)14-17-10-6-5-7-11-17/h5-13H,3-4,14-16H2,1-2H3,(H,22,24). The summed E-state index contributed by atoms with van der Waals surface area (Å²) in [7, 11) is 0. The van der Waals surface area contributed by atoms with Crippen LogP contribution in [0.5, 0.6) is 5.75 Å². The Kier molecular flexibility index (Phi) is 7.68. The number of nitrogens with one attached hydrogen (secondary N) is 1. The van der Waals surface area contributed by atoms with Crippen molar-refractivity contribution in [2.75, 3.05) is 26.2 Å². The minimum atomic E-state index is -0.201. The number of hydrogen-bond acceptors (Lipinski definition) is 3. The predicted molar refractivity (Wildman–Crippen MR) is 102 cm³/mol. The van der Waals surface area contributed by atoms with Crippen LogP contribution in [0.3, 0.4) is 0 Å². The number of hydrogen-bond donors (Lipinski definition) is 1. The quantitative estimate of drug-likeness (QED) is 0.753. The lowest BCUT2D eigenvalue weighted by Crippen LogP contribution is -2.42. The predicted octanol–water partition coefficient (Wildman–Crippen LogP) is 2.64. The number of carbonyl (C=O) groups excluding carboxylic acids is 2. The third kappa shape index (κ3) is 5.92. The van der Waals surface area contributed by atoms with Gasteiger partial charge in [-0.15, -0.1) is 0 Å². The fraction of sp³-hybridized carbons (Fsp3) is 0.333. The van der Waals surface area contributed by atoms with Crippen LogP contribution in [0.15, 0.2) is 54.6 Å². The van der Waals surface area contributed by atoms with Crippen molar-refractivity contribution in [2.45, 2.75) is 20.3 Å². The highest BCUT2D eigenvalue weighted by atomic mass is 16.5. The zero-order valence-electron chi connectivity index (χ0n) is 15.4. The molecule has 0 aromatic heterocycles. The van der Waals surface area contributed by atoms with Crippen molar-refractivity contribution >= 4 is 11.8 Å². The van der Waals surface area contributed by atoms with Crippen molar-refractivity contribution in [3.8, 4) is 5.75 Å². The first-order chi connectivity index (χ1) is 12.6. The number of para-hydroxylation sites is 1. The molecule has 0 atom stereocenters. The Morgan fingerprint density at radius 2 is 1.69 bits per heavy atom. The van der Waals surface area contributed by atoms with E-state index in [4.69, 9.17) is 4.74 Å². The molecule has 2 aromatic rings. The number of amides is 2. The Labute approximate surface area is 155 Å². The number of carbonyl (C=O) groups is 2. The molecule has 0 radical (unpaired) electrons. The molecule has 0 aliphatic rings. The molecule has 0 aliphatic carbocycles. The van der Waals surface area contributed by atoms with E-state index >= 15 is 0 Å². The van der Waals surface area contributed by atoms with Crippen LogP contribution in [0.2, 0.25) is 0 Å². The van der Waals surface area contributed by atoms with Crippen LogP contribution in [0.25, 0.3) is 0 Å². The van der Waals surface area contributed by atoms with Crippen molar-refractivity contribution < 1.29 is 14.3 Å². The summed E-state index contributed by atoms with van der Waals surface area (Å²) in [5.41, 5.74) is 2.21. The van der Waals surface area contributed by atoms with Crippen LogP contribution in [0, 0.1) is 0 Å².